The molecule has 0 saturated heterocycles. The van der Waals surface area contributed by atoms with Crippen molar-refractivity contribution < 1.29 is 17.6 Å². The van der Waals surface area contributed by atoms with Crippen LogP contribution < -0.4 is 14.8 Å². The number of benzene rings is 3. The average molecular weight is 541 g/mol. The highest BCUT2D eigenvalue weighted by Crippen LogP contribution is 2.31. The van der Waals surface area contributed by atoms with Crippen molar-refractivity contribution in [2.24, 2.45) is 0 Å². The fraction of sp³-hybridized carbons (Fsp3) is 0.120. The standard InChI is InChI=1S/C25H21BrN2O5S/c1-17-7-11-20(12-8-17)34(31,32)28(22-6-4-3-5-21(22)26)16-24(29)27(2)19-10-13-23-18(15-19)9-14-25(30)33-23/h3-15H,16H2,1-2H3. The van der Waals surface area contributed by atoms with Gasteiger partial charge in [0, 0.05) is 28.7 Å². The van der Waals surface area contributed by atoms with Crippen LogP contribution in [0.4, 0.5) is 11.4 Å². The van der Waals surface area contributed by atoms with Crippen LogP contribution in [0.15, 0.2) is 97.4 Å². The van der Waals surface area contributed by atoms with Gasteiger partial charge in [-0.05, 0) is 71.4 Å². The molecule has 0 N–H and O–H groups in total. The summed E-state index contributed by atoms with van der Waals surface area (Å²) < 4.78 is 34.0. The van der Waals surface area contributed by atoms with Crippen molar-refractivity contribution in [3.05, 3.63) is 99.3 Å². The number of amides is 1. The molecule has 34 heavy (non-hydrogen) atoms. The lowest BCUT2D eigenvalue weighted by Gasteiger charge is -2.27. The highest BCUT2D eigenvalue weighted by atomic mass is 79.9. The Morgan fingerprint density at radius 3 is 2.38 bits per heavy atom. The molecule has 0 saturated carbocycles. The number of sulfonamides is 1. The van der Waals surface area contributed by atoms with Gasteiger partial charge in [0.25, 0.3) is 10.0 Å². The van der Waals surface area contributed by atoms with E-state index in [9.17, 15) is 18.0 Å². The van der Waals surface area contributed by atoms with E-state index in [2.05, 4.69) is 15.9 Å². The van der Waals surface area contributed by atoms with Crippen LogP contribution in [0.5, 0.6) is 0 Å². The Labute approximate surface area is 205 Å². The molecule has 1 amide bonds. The van der Waals surface area contributed by atoms with Crippen LogP contribution in [-0.2, 0) is 14.8 Å². The van der Waals surface area contributed by atoms with Crippen molar-refractivity contribution >= 4 is 54.2 Å². The Bertz CT molecular complexity index is 1530. The van der Waals surface area contributed by atoms with E-state index in [1.165, 1.54) is 23.1 Å². The molecular weight excluding hydrogens is 520 g/mol. The van der Waals surface area contributed by atoms with Crippen LogP contribution in [0, 0.1) is 6.92 Å². The summed E-state index contributed by atoms with van der Waals surface area (Å²) in [5.41, 5.74) is 1.74. The third-order valence-electron chi connectivity index (χ3n) is 5.37. The maximum atomic E-state index is 13.6. The quantitative estimate of drug-likeness (QED) is 0.330. The zero-order chi connectivity index (χ0) is 24.5. The lowest BCUT2D eigenvalue weighted by atomic mass is 10.2. The lowest BCUT2D eigenvalue weighted by Crippen LogP contribution is -2.42. The molecule has 0 unspecified atom stereocenters. The van der Waals surface area contributed by atoms with E-state index in [0.717, 1.165) is 9.87 Å². The van der Waals surface area contributed by atoms with Gasteiger partial charge >= 0.3 is 5.63 Å². The van der Waals surface area contributed by atoms with Crippen molar-refractivity contribution in [3.63, 3.8) is 0 Å². The monoisotopic (exact) mass is 540 g/mol. The first-order valence-electron chi connectivity index (χ1n) is 10.3. The number of halogens is 1. The van der Waals surface area contributed by atoms with Gasteiger partial charge < -0.3 is 9.32 Å². The third kappa shape index (κ3) is 4.76. The van der Waals surface area contributed by atoms with Gasteiger partial charge in [-0.2, -0.15) is 0 Å². The maximum absolute atomic E-state index is 13.6. The summed E-state index contributed by atoms with van der Waals surface area (Å²) in [6, 6.07) is 21.2. The van der Waals surface area contributed by atoms with Crippen LogP contribution >= 0.6 is 15.9 Å². The largest absolute Gasteiger partial charge is 0.423 e. The fourth-order valence-corrected chi connectivity index (χ4v) is 5.48. The summed E-state index contributed by atoms with van der Waals surface area (Å²) in [7, 11) is -2.47. The van der Waals surface area contributed by atoms with Crippen molar-refractivity contribution in [2.45, 2.75) is 11.8 Å². The zero-order valence-corrected chi connectivity index (χ0v) is 20.8. The summed E-state index contributed by atoms with van der Waals surface area (Å²) >= 11 is 3.41. The van der Waals surface area contributed by atoms with Crippen molar-refractivity contribution in [2.75, 3.05) is 22.8 Å². The predicted molar refractivity (Wildman–Crippen MR) is 136 cm³/mol. The molecule has 0 spiro atoms. The molecule has 0 radical (unpaired) electrons. The first kappa shape index (κ1) is 23.7. The molecule has 0 aliphatic rings. The summed E-state index contributed by atoms with van der Waals surface area (Å²) in [6.45, 7) is 1.45. The molecule has 1 aromatic heterocycles. The Hall–Kier alpha value is -3.43. The summed E-state index contributed by atoms with van der Waals surface area (Å²) in [4.78, 5) is 26.2. The van der Waals surface area contributed by atoms with E-state index < -0.39 is 28.1 Å². The Kier molecular flexibility index (Phi) is 6.58. The van der Waals surface area contributed by atoms with Gasteiger partial charge in [0.1, 0.15) is 12.1 Å². The van der Waals surface area contributed by atoms with Gasteiger partial charge in [-0.3, -0.25) is 9.10 Å². The molecule has 0 fully saturated rings. The second-order valence-corrected chi connectivity index (χ2v) is 10.4. The van der Waals surface area contributed by atoms with Crippen LogP contribution in [-0.4, -0.2) is 27.9 Å². The van der Waals surface area contributed by atoms with Crippen LogP contribution in [0.25, 0.3) is 11.0 Å². The molecule has 174 valence electrons. The van der Waals surface area contributed by atoms with E-state index >= 15 is 0 Å². The average Bonchev–Trinajstić information content (AvgIpc) is 2.82. The maximum Gasteiger partial charge on any atom is 0.336 e. The molecule has 1 heterocycles. The molecule has 0 aliphatic heterocycles. The van der Waals surface area contributed by atoms with Gasteiger partial charge in [0.15, 0.2) is 0 Å². The van der Waals surface area contributed by atoms with Crippen LogP contribution in [0.3, 0.4) is 0 Å². The predicted octanol–water partition coefficient (Wildman–Crippen LogP) is 4.72. The molecule has 3 aromatic carbocycles. The minimum Gasteiger partial charge on any atom is -0.423 e. The summed E-state index contributed by atoms with van der Waals surface area (Å²) in [5.74, 6) is -0.442. The molecule has 7 nitrogen and oxygen atoms in total. The van der Waals surface area contributed by atoms with E-state index in [-0.39, 0.29) is 4.90 Å². The third-order valence-corrected chi connectivity index (χ3v) is 7.82. The molecular formula is C25H21BrN2O5S. The number of aryl methyl sites for hydroxylation is 1. The van der Waals surface area contributed by atoms with E-state index in [0.29, 0.717) is 26.8 Å². The number of para-hydroxylation sites is 1. The SMILES string of the molecule is Cc1ccc(S(=O)(=O)N(CC(=O)N(C)c2ccc3oc(=O)ccc3c2)c2ccccc2Br)cc1. The molecule has 9 heteroatoms. The smallest absolute Gasteiger partial charge is 0.336 e. The number of rotatable bonds is 6. The van der Waals surface area contributed by atoms with Gasteiger partial charge in [-0.25, -0.2) is 13.2 Å². The Morgan fingerprint density at radius 1 is 0.971 bits per heavy atom. The highest BCUT2D eigenvalue weighted by molar-refractivity contribution is 9.10. The number of nitrogens with zero attached hydrogens (tertiary/aromatic N) is 2. The summed E-state index contributed by atoms with van der Waals surface area (Å²) in [5, 5.41) is 0.645. The lowest BCUT2D eigenvalue weighted by molar-refractivity contribution is -0.116. The molecule has 0 bridgehead atoms. The van der Waals surface area contributed by atoms with Crippen LogP contribution in [0.1, 0.15) is 5.56 Å². The Morgan fingerprint density at radius 2 is 1.68 bits per heavy atom. The zero-order valence-electron chi connectivity index (χ0n) is 18.4. The second-order valence-electron chi connectivity index (χ2n) is 7.71. The molecule has 0 aliphatic carbocycles. The minimum absolute atomic E-state index is 0.0880. The number of carbonyl (C=O) groups is 1. The van der Waals surface area contributed by atoms with Gasteiger partial charge in [0.05, 0.1) is 10.6 Å². The number of fused-ring (bicyclic) bond motifs is 1. The van der Waals surface area contributed by atoms with E-state index in [1.807, 2.05) is 6.92 Å². The number of anilines is 2. The molecule has 0 atom stereocenters. The van der Waals surface area contributed by atoms with Gasteiger partial charge in [0.2, 0.25) is 5.91 Å². The van der Waals surface area contributed by atoms with E-state index in [1.54, 1.807) is 67.7 Å². The van der Waals surface area contributed by atoms with E-state index in [4.69, 9.17) is 4.42 Å². The fourth-order valence-electron chi connectivity index (χ4n) is 3.43. The molecule has 4 aromatic rings. The first-order chi connectivity index (χ1) is 16.2. The highest BCUT2D eigenvalue weighted by Gasteiger charge is 2.29. The van der Waals surface area contributed by atoms with Crippen molar-refractivity contribution in [1.29, 1.82) is 0 Å². The van der Waals surface area contributed by atoms with Crippen molar-refractivity contribution in [1.82, 2.24) is 0 Å². The minimum atomic E-state index is -4.04. The number of carbonyl (C=O) groups excluding carboxylic acids is 1. The number of likely N-dealkylation sites (N-methyl/N-ethyl adjacent to an activating group) is 1. The van der Waals surface area contributed by atoms with Gasteiger partial charge in [-0.1, -0.05) is 29.8 Å². The van der Waals surface area contributed by atoms with Gasteiger partial charge in [-0.15, -0.1) is 0 Å². The van der Waals surface area contributed by atoms with Crippen molar-refractivity contribution in [3.8, 4) is 0 Å². The second kappa shape index (κ2) is 9.44. The summed E-state index contributed by atoms with van der Waals surface area (Å²) in [6.07, 6.45) is 0. The Balaban J connectivity index is 1.70. The normalized spacial score (nSPS) is 11.4. The van der Waals surface area contributed by atoms with Crippen LogP contribution in [0.2, 0.25) is 0 Å². The number of hydrogen-bond acceptors (Lipinski definition) is 5. The topological polar surface area (TPSA) is 87.9 Å². The molecule has 4 rings (SSSR count). The first-order valence-corrected chi connectivity index (χ1v) is 12.5. The number of hydrogen-bond donors (Lipinski definition) is 0.